The van der Waals surface area contributed by atoms with Gasteiger partial charge in [0.05, 0.1) is 18.2 Å². The Hall–Kier alpha value is -1.28. The lowest BCUT2D eigenvalue weighted by Gasteiger charge is -2.13. The minimum Gasteiger partial charge on any atom is -0.493 e. The summed E-state index contributed by atoms with van der Waals surface area (Å²) in [7, 11) is 1.59. The molecule has 5 nitrogen and oxygen atoms in total. The van der Waals surface area contributed by atoms with Crippen LogP contribution in [0.15, 0.2) is 36.4 Å². The van der Waals surface area contributed by atoms with Crippen LogP contribution in [0.5, 0.6) is 11.5 Å². The number of aliphatic hydroxyl groups excluding tert-OH is 1. The molecule has 0 heterocycles. The molecular weight excluding hydrogens is 442 g/mol. The van der Waals surface area contributed by atoms with E-state index in [0.717, 1.165) is 18.7 Å². The molecule has 0 saturated carbocycles. The molecule has 164 valence electrons. The highest BCUT2D eigenvalue weighted by molar-refractivity contribution is 6.31. The predicted octanol–water partition coefficient (Wildman–Crippen LogP) is 3.97. The van der Waals surface area contributed by atoms with Gasteiger partial charge < -0.3 is 25.2 Å². The zero-order chi connectivity index (χ0) is 19.6. The Balaban J connectivity index is 0.00000392. The van der Waals surface area contributed by atoms with Crippen LogP contribution in [0.2, 0.25) is 5.02 Å². The first-order valence-corrected chi connectivity index (χ1v) is 9.20. The molecule has 0 aromatic heterocycles. The summed E-state index contributed by atoms with van der Waals surface area (Å²) in [5.41, 5.74) is 1.77. The van der Waals surface area contributed by atoms with Crippen molar-refractivity contribution in [3.05, 3.63) is 58.4 Å². The number of nitrogens with one attached hydrogen (secondary N) is 2. The normalized spacial score (nSPS) is 11.2. The standard InChI is InChI=1S/C20H26ClFN2O3.2ClH/c1-14(25)11-23-7-8-24-12-15-3-6-19(20(9-15)26-2)27-13-16-4-5-17(22)10-18(16)21;;/h3-6,9-10,14,23-25H,7-8,11-13H2,1-2H3;2*1H. The molecule has 0 saturated heterocycles. The second kappa shape index (κ2) is 14.7. The zero-order valence-corrected chi connectivity index (χ0v) is 18.8. The van der Waals surface area contributed by atoms with Crippen LogP contribution in [-0.4, -0.2) is 38.0 Å². The summed E-state index contributed by atoms with van der Waals surface area (Å²) >= 11 is 6.03. The second-order valence-electron chi connectivity index (χ2n) is 6.24. The smallest absolute Gasteiger partial charge is 0.161 e. The van der Waals surface area contributed by atoms with Crippen LogP contribution in [0.25, 0.3) is 0 Å². The van der Waals surface area contributed by atoms with Gasteiger partial charge in [-0.3, -0.25) is 0 Å². The van der Waals surface area contributed by atoms with E-state index in [4.69, 9.17) is 21.1 Å². The number of benzene rings is 2. The minimum atomic E-state index is -0.376. The lowest BCUT2D eigenvalue weighted by molar-refractivity contribution is 0.191. The molecule has 29 heavy (non-hydrogen) atoms. The summed E-state index contributed by atoms with van der Waals surface area (Å²) in [6, 6.07) is 9.94. The van der Waals surface area contributed by atoms with Crippen LogP contribution in [0.1, 0.15) is 18.1 Å². The molecule has 2 aromatic rings. The van der Waals surface area contributed by atoms with Crippen molar-refractivity contribution >= 4 is 36.4 Å². The molecule has 2 rings (SSSR count). The van der Waals surface area contributed by atoms with Gasteiger partial charge in [0.1, 0.15) is 12.4 Å². The van der Waals surface area contributed by atoms with Crippen LogP contribution in [0, 0.1) is 5.82 Å². The molecule has 0 radical (unpaired) electrons. The van der Waals surface area contributed by atoms with Crippen molar-refractivity contribution in [2.45, 2.75) is 26.2 Å². The van der Waals surface area contributed by atoms with Gasteiger partial charge in [-0.2, -0.15) is 0 Å². The summed E-state index contributed by atoms with van der Waals surface area (Å²) in [6.45, 7) is 4.82. The maximum Gasteiger partial charge on any atom is 0.161 e. The Bertz CT molecular complexity index is 736. The van der Waals surface area contributed by atoms with Gasteiger partial charge in [0.25, 0.3) is 0 Å². The molecule has 0 bridgehead atoms. The van der Waals surface area contributed by atoms with Gasteiger partial charge in [0.2, 0.25) is 0 Å². The second-order valence-corrected chi connectivity index (χ2v) is 6.65. The van der Waals surface area contributed by atoms with Crippen molar-refractivity contribution in [1.82, 2.24) is 10.6 Å². The summed E-state index contributed by atoms with van der Waals surface area (Å²) in [5.74, 6) is 0.847. The zero-order valence-electron chi connectivity index (χ0n) is 16.4. The maximum absolute atomic E-state index is 13.1. The highest BCUT2D eigenvalue weighted by Crippen LogP contribution is 2.29. The molecule has 0 fully saturated rings. The molecule has 3 N–H and O–H groups in total. The van der Waals surface area contributed by atoms with Gasteiger partial charge in [-0.25, -0.2) is 4.39 Å². The van der Waals surface area contributed by atoms with E-state index in [-0.39, 0.29) is 43.3 Å². The van der Waals surface area contributed by atoms with E-state index in [2.05, 4.69) is 10.6 Å². The van der Waals surface area contributed by atoms with E-state index in [1.165, 1.54) is 12.1 Å². The van der Waals surface area contributed by atoms with Crippen molar-refractivity contribution in [3.8, 4) is 11.5 Å². The van der Waals surface area contributed by atoms with Gasteiger partial charge in [-0.1, -0.05) is 23.7 Å². The van der Waals surface area contributed by atoms with E-state index in [1.807, 2.05) is 18.2 Å². The molecular formula is C20H28Cl3FN2O3. The third kappa shape index (κ3) is 9.85. The third-order valence-electron chi connectivity index (χ3n) is 3.87. The highest BCUT2D eigenvalue weighted by atomic mass is 35.5. The largest absolute Gasteiger partial charge is 0.493 e. The SMILES string of the molecule is COc1cc(CNCCNCC(C)O)ccc1OCc1ccc(F)cc1Cl.Cl.Cl. The first-order valence-electron chi connectivity index (χ1n) is 8.82. The Morgan fingerprint density at radius 3 is 2.45 bits per heavy atom. The Morgan fingerprint density at radius 1 is 1.07 bits per heavy atom. The number of halogens is 4. The average molecular weight is 470 g/mol. The van der Waals surface area contributed by atoms with Crippen molar-refractivity contribution < 1.29 is 19.0 Å². The topological polar surface area (TPSA) is 62.8 Å². The first-order chi connectivity index (χ1) is 13.0. The van der Waals surface area contributed by atoms with E-state index >= 15 is 0 Å². The van der Waals surface area contributed by atoms with Gasteiger partial charge in [0.15, 0.2) is 11.5 Å². The Kier molecular flexibility index (Phi) is 14.0. The summed E-state index contributed by atoms with van der Waals surface area (Å²) in [4.78, 5) is 0. The Labute approximate surface area is 188 Å². The molecule has 9 heteroatoms. The summed E-state index contributed by atoms with van der Waals surface area (Å²) in [5, 5.41) is 16.0. The number of hydrogen-bond acceptors (Lipinski definition) is 5. The third-order valence-corrected chi connectivity index (χ3v) is 4.23. The number of hydrogen-bond donors (Lipinski definition) is 3. The predicted molar refractivity (Wildman–Crippen MR) is 119 cm³/mol. The monoisotopic (exact) mass is 468 g/mol. The fourth-order valence-corrected chi connectivity index (χ4v) is 2.68. The van der Waals surface area contributed by atoms with Crippen molar-refractivity contribution in [3.63, 3.8) is 0 Å². The number of aliphatic hydroxyl groups is 1. The fourth-order valence-electron chi connectivity index (χ4n) is 2.46. The van der Waals surface area contributed by atoms with Crippen LogP contribution in [0.3, 0.4) is 0 Å². The molecule has 0 aliphatic carbocycles. The van der Waals surface area contributed by atoms with Crippen LogP contribution in [-0.2, 0) is 13.2 Å². The van der Waals surface area contributed by atoms with Crippen molar-refractivity contribution in [1.29, 1.82) is 0 Å². The first kappa shape index (κ1) is 27.7. The molecule has 1 atom stereocenters. The fraction of sp³-hybridized carbons (Fsp3) is 0.400. The minimum absolute atomic E-state index is 0. The van der Waals surface area contributed by atoms with Crippen LogP contribution >= 0.6 is 36.4 Å². The lowest BCUT2D eigenvalue weighted by atomic mass is 10.2. The lowest BCUT2D eigenvalue weighted by Crippen LogP contribution is -2.31. The van der Waals surface area contributed by atoms with Gasteiger partial charge in [-0.05, 0) is 36.8 Å². The number of rotatable bonds is 11. The molecule has 1 unspecified atom stereocenters. The quantitative estimate of drug-likeness (QED) is 0.435. The number of ether oxygens (including phenoxy) is 2. The summed E-state index contributed by atoms with van der Waals surface area (Å²) in [6.07, 6.45) is -0.341. The Morgan fingerprint density at radius 2 is 1.79 bits per heavy atom. The van der Waals surface area contributed by atoms with Crippen molar-refractivity contribution in [2.75, 3.05) is 26.7 Å². The molecule has 0 spiro atoms. The number of methoxy groups -OCH3 is 1. The highest BCUT2D eigenvalue weighted by Gasteiger charge is 2.08. The molecule has 0 amide bonds. The molecule has 0 aliphatic heterocycles. The van der Waals surface area contributed by atoms with E-state index in [1.54, 1.807) is 20.1 Å². The van der Waals surface area contributed by atoms with Gasteiger partial charge >= 0.3 is 0 Å². The average Bonchev–Trinajstić information content (AvgIpc) is 2.64. The summed E-state index contributed by atoms with van der Waals surface area (Å²) < 4.78 is 24.3. The van der Waals surface area contributed by atoms with Crippen LogP contribution < -0.4 is 20.1 Å². The molecule has 0 aliphatic rings. The molecule has 2 aromatic carbocycles. The van der Waals surface area contributed by atoms with E-state index in [9.17, 15) is 9.50 Å². The van der Waals surface area contributed by atoms with E-state index < -0.39 is 0 Å². The van der Waals surface area contributed by atoms with Crippen LogP contribution in [0.4, 0.5) is 4.39 Å². The maximum atomic E-state index is 13.1. The van der Waals surface area contributed by atoms with E-state index in [0.29, 0.717) is 35.2 Å². The van der Waals surface area contributed by atoms with Gasteiger partial charge in [0, 0.05) is 31.7 Å². The van der Waals surface area contributed by atoms with Gasteiger partial charge in [-0.15, -0.1) is 24.8 Å². The van der Waals surface area contributed by atoms with Crippen molar-refractivity contribution in [2.24, 2.45) is 0 Å².